The molecule has 0 radical (unpaired) electrons. The van der Waals surface area contributed by atoms with E-state index in [1.807, 2.05) is 6.08 Å². The van der Waals surface area contributed by atoms with Crippen LogP contribution in [0.25, 0.3) is 0 Å². The number of unbranched alkanes of at least 4 members (excludes halogenated alkanes) is 1. The molecule has 0 bridgehead atoms. The second-order valence-corrected chi connectivity index (χ2v) is 13.3. The van der Waals surface area contributed by atoms with Gasteiger partial charge in [-0.25, -0.2) is 4.39 Å². The van der Waals surface area contributed by atoms with Crippen LogP contribution in [-0.2, 0) is 0 Å². The summed E-state index contributed by atoms with van der Waals surface area (Å²) >= 11 is 3.33. The molecule has 0 rings (SSSR count). The Morgan fingerprint density at radius 2 is 1.80 bits per heavy atom. The van der Waals surface area contributed by atoms with Crippen molar-refractivity contribution in [3.63, 3.8) is 0 Å². The van der Waals surface area contributed by atoms with Gasteiger partial charge in [0, 0.05) is 0 Å². The maximum Gasteiger partial charge on any atom is 0.151 e. The lowest BCUT2D eigenvalue weighted by atomic mass is 10.2. The highest BCUT2D eigenvalue weighted by atomic mass is 79.9. The minimum Gasteiger partial charge on any atom is -0.236 e. The maximum atomic E-state index is 14.6. The summed E-state index contributed by atoms with van der Waals surface area (Å²) in [7, 11) is -1.97. The summed E-state index contributed by atoms with van der Waals surface area (Å²) < 4.78 is 13.5. The molecule has 0 aliphatic carbocycles. The zero-order valence-electron chi connectivity index (χ0n) is 10.7. The van der Waals surface area contributed by atoms with Gasteiger partial charge in [-0.3, -0.25) is 0 Å². The smallest absolute Gasteiger partial charge is 0.151 e. The van der Waals surface area contributed by atoms with Crippen LogP contribution in [0.15, 0.2) is 12.7 Å². The molecule has 0 heterocycles. The number of hydrogen-bond acceptors (Lipinski definition) is 0. The zero-order valence-corrected chi connectivity index (χ0v) is 13.2. The van der Waals surface area contributed by atoms with Crippen LogP contribution in [0.5, 0.6) is 0 Å². The molecule has 0 nitrogen and oxygen atoms in total. The number of alkyl halides is 2. The summed E-state index contributed by atoms with van der Waals surface area (Å²) in [6, 6.07) is 0. The maximum absolute atomic E-state index is 14.6. The molecule has 0 fully saturated rings. The van der Waals surface area contributed by atoms with Gasteiger partial charge in [0.15, 0.2) is 4.20 Å². The first kappa shape index (κ1) is 15.4. The summed E-state index contributed by atoms with van der Waals surface area (Å²) in [5.41, 5.74) is 0. The summed E-state index contributed by atoms with van der Waals surface area (Å²) in [5.74, 6) is 0. The van der Waals surface area contributed by atoms with Gasteiger partial charge in [-0.15, -0.1) is 6.58 Å². The predicted octanol–water partition coefficient (Wildman–Crippen LogP) is 5.45. The molecule has 0 aromatic heterocycles. The lowest BCUT2D eigenvalue weighted by Gasteiger charge is -2.44. The van der Waals surface area contributed by atoms with Crippen LogP contribution >= 0.6 is 15.9 Å². The first-order chi connectivity index (χ1) is 6.56. The monoisotopic (exact) mass is 294 g/mol. The minimum absolute atomic E-state index is 0.0689. The Labute approximate surface area is 103 Å². The van der Waals surface area contributed by atoms with Crippen molar-refractivity contribution in [3.05, 3.63) is 12.7 Å². The third-order valence-corrected chi connectivity index (χ3v) is 12.9. The van der Waals surface area contributed by atoms with Crippen molar-refractivity contribution >= 4 is 24.0 Å². The Hall–Kier alpha value is 0.367. The van der Waals surface area contributed by atoms with Gasteiger partial charge in [0.1, 0.15) is 8.07 Å². The Kier molecular flexibility index (Phi) is 5.26. The molecule has 0 saturated carbocycles. The number of rotatable bonds is 5. The summed E-state index contributed by atoms with van der Waals surface area (Å²) in [5, 5.41) is 0.0689. The zero-order chi connectivity index (χ0) is 12.3. The van der Waals surface area contributed by atoms with Crippen LogP contribution < -0.4 is 0 Å². The molecule has 1 unspecified atom stereocenters. The number of halogens is 2. The molecular weight excluding hydrogens is 271 g/mol. The lowest BCUT2D eigenvalue weighted by molar-refractivity contribution is 0.352. The fourth-order valence-electron chi connectivity index (χ4n) is 1.33. The number of hydrogen-bond donors (Lipinski definition) is 0. The van der Waals surface area contributed by atoms with Crippen molar-refractivity contribution in [1.82, 2.24) is 0 Å². The lowest BCUT2D eigenvalue weighted by Crippen LogP contribution is -2.53. The van der Waals surface area contributed by atoms with E-state index in [-0.39, 0.29) is 5.04 Å². The van der Waals surface area contributed by atoms with Crippen LogP contribution in [-0.4, -0.2) is 12.3 Å². The minimum atomic E-state index is -1.97. The molecule has 90 valence electrons. The second-order valence-electron chi connectivity index (χ2n) is 5.76. The summed E-state index contributed by atoms with van der Waals surface area (Å²) in [6.07, 6.45) is 4.22. The number of allylic oxidation sites excluding steroid dienone is 1. The van der Waals surface area contributed by atoms with Crippen molar-refractivity contribution in [2.75, 3.05) is 0 Å². The molecule has 0 aliphatic rings. The second kappa shape index (κ2) is 5.13. The van der Waals surface area contributed by atoms with Crippen LogP contribution in [0.1, 0.15) is 40.0 Å². The molecule has 0 amide bonds. The van der Waals surface area contributed by atoms with Crippen molar-refractivity contribution in [2.45, 2.75) is 62.4 Å². The quantitative estimate of drug-likeness (QED) is 0.274. The molecule has 0 aliphatic heterocycles. The standard InChI is InChI=1S/C12H24BrFSi/c1-7-8-9-10-12(13,14)15(5,6)11(2,3)4/h7H,1,8-10H2,2-6H3. The van der Waals surface area contributed by atoms with E-state index >= 15 is 0 Å². The molecule has 3 heteroatoms. The summed E-state index contributed by atoms with van der Waals surface area (Å²) in [6.45, 7) is 14.3. The first-order valence-electron chi connectivity index (χ1n) is 5.55. The van der Waals surface area contributed by atoms with Crippen LogP contribution in [0.4, 0.5) is 4.39 Å². The van der Waals surface area contributed by atoms with Crippen LogP contribution in [0.3, 0.4) is 0 Å². The Balaban J connectivity index is 4.62. The van der Waals surface area contributed by atoms with Crippen molar-refractivity contribution in [2.24, 2.45) is 0 Å². The predicted molar refractivity (Wildman–Crippen MR) is 74.0 cm³/mol. The van der Waals surface area contributed by atoms with Gasteiger partial charge in [0.05, 0.1) is 0 Å². The van der Waals surface area contributed by atoms with Gasteiger partial charge in [-0.1, -0.05) is 55.9 Å². The Morgan fingerprint density at radius 3 is 2.13 bits per heavy atom. The van der Waals surface area contributed by atoms with E-state index in [0.29, 0.717) is 6.42 Å². The van der Waals surface area contributed by atoms with E-state index < -0.39 is 12.3 Å². The molecule has 0 saturated heterocycles. The molecule has 15 heavy (non-hydrogen) atoms. The average molecular weight is 295 g/mol. The van der Waals surface area contributed by atoms with E-state index in [0.717, 1.165) is 12.8 Å². The van der Waals surface area contributed by atoms with E-state index in [4.69, 9.17) is 0 Å². The molecule has 0 aromatic rings. The van der Waals surface area contributed by atoms with Gasteiger partial charge >= 0.3 is 0 Å². The van der Waals surface area contributed by atoms with E-state index in [2.05, 4.69) is 56.4 Å². The highest BCUT2D eigenvalue weighted by Crippen LogP contribution is 2.49. The third kappa shape index (κ3) is 3.70. The SMILES string of the molecule is C=CCCCC(F)(Br)[Si](C)(C)C(C)(C)C. The van der Waals surface area contributed by atoms with Crippen LogP contribution in [0, 0.1) is 0 Å². The van der Waals surface area contributed by atoms with E-state index in [1.165, 1.54) is 0 Å². The third-order valence-electron chi connectivity index (χ3n) is 3.69. The first-order valence-corrected chi connectivity index (χ1v) is 9.34. The highest BCUT2D eigenvalue weighted by Gasteiger charge is 2.52. The molecule has 0 N–H and O–H groups in total. The van der Waals surface area contributed by atoms with E-state index in [9.17, 15) is 4.39 Å². The van der Waals surface area contributed by atoms with Gasteiger partial charge in [-0.2, -0.15) is 0 Å². The van der Waals surface area contributed by atoms with Gasteiger partial charge in [0.25, 0.3) is 0 Å². The van der Waals surface area contributed by atoms with Gasteiger partial charge in [-0.05, 0) is 24.3 Å². The van der Waals surface area contributed by atoms with Gasteiger partial charge < -0.3 is 0 Å². The fraction of sp³-hybridized carbons (Fsp3) is 0.833. The highest BCUT2D eigenvalue weighted by molar-refractivity contribution is 9.10. The fourth-order valence-corrected chi connectivity index (χ4v) is 5.29. The molecular formula is C12H24BrFSi. The normalized spacial score (nSPS) is 17.3. The molecule has 0 aromatic carbocycles. The Morgan fingerprint density at radius 1 is 1.33 bits per heavy atom. The van der Waals surface area contributed by atoms with Crippen LogP contribution in [0.2, 0.25) is 18.1 Å². The molecule has 0 spiro atoms. The Bertz CT molecular complexity index is 216. The topological polar surface area (TPSA) is 0 Å². The average Bonchev–Trinajstić information content (AvgIpc) is 2.02. The van der Waals surface area contributed by atoms with Gasteiger partial charge in [0.2, 0.25) is 0 Å². The van der Waals surface area contributed by atoms with E-state index in [1.54, 1.807) is 0 Å². The summed E-state index contributed by atoms with van der Waals surface area (Å²) in [4.78, 5) is 0. The van der Waals surface area contributed by atoms with Crippen molar-refractivity contribution < 1.29 is 4.39 Å². The molecule has 1 atom stereocenters. The largest absolute Gasteiger partial charge is 0.236 e. The van der Waals surface area contributed by atoms with Crippen molar-refractivity contribution in [3.8, 4) is 0 Å². The van der Waals surface area contributed by atoms with Crippen molar-refractivity contribution in [1.29, 1.82) is 0 Å².